The molecule has 4 nitrogen and oxygen atoms in total. The molecule has 0 spiro atoms. The maximum absolute atomic E-state index is 12.2. The summed E-state index contributed by atoms with van der Waals surface area (Å²) in [6, 6.07) is 5.76. The van der Waals surface area contributed by atoms with Gasteiger partial charge in [0.1, 0.15) is 11.5 Å². The van der Waals surface area contributed by atoms with Gasteiger partial charge in [-0.15, -0.1) is 0 Å². The molecule has 0 bridgehead atoms. The van der Waals surface area contributed by atoms with Crippen molar-refractivity contribution in [1.82, 2.24) is 5.32 Å². The average Bonchev–Trinajstić information content (AvgIpc) is 2.97. The topological polar surface area (TPSA) is 47.6 Å². The summed E-state index contributed by atoms with van der Waals surface area (Å²) in [5, 5.41) is 3.32. The van der Waals surface area contributed by atoms with Crippen LogP contribution < -0.4 is 14.8 Å². The molecule has 0 radical (unpaired) electrons. The number of hydrogen-bond acceptors (Lipinski definition) is 4. The summed E-state index contributed by atoms with van der Waals surface area (Å²) in [5.41, 5.74) is 0.627. The van der Waals surface area contributed by atoms with Gasteiger partial charge < -0.3 is 14.8 Å². The second-order valence-electron chi connectivity index (χ2n) is 4.89. The molecule has 1 aliphatic carbocycles. The van der Waals surface area contributed by atoms with E-state index in [0.717, 1.165) is 0 Å². The van der Waals surface area contributed by atoms with Gasteiger partial charge in [0.15, 0.2) is 5.78 Å². The largest absolute Gasteiger partial charge is 0.497 e. The summed E-state index contributed by atoms with van der Waals surface area (Å²) in [6.07, 6.45) is 4.88. The Balaban J connectivity index is 2.00. The molecule has 0 aliphatic heterocycles. The molecule has 0 unspecified atom stereocenters. The molecule has 1 saturated carbocycles. The van der Waals surface area contributed by atoms with Gasteiger partial charge in [-0.1, -0.05) is 12.8 Å². The Morgan fingerprint density at radius 2 is 1.74 bits per heavy atom. The Morgan fingerprint density at radius 1 is 1.16 bits per heavy atom. The summed E-state index contributed by atoms with van der Waals surface area (Å²) >= 11 is 0. The highest BCUT2D eigenvalue weighted by Crippen LogP contribution is 2.23. The molecule has 1 aromatic carbocycles. The Bertz CT molecular complexity index is 417. The number of ether oxygens (including phenoxy) is 2. The van der Waals surface area contributed by atoms with E-state index in [-0.39, 0.29) is 5.78 Å². The van der Waals surface area contributed by atoms with Crippen LogP contribution in [0, 0.1) is 0 Å². The third-order valence-corrected chi connectivity index (χ3v) is 3.58. The highest BCUT2D eigenvalue weighted by Gasteiger charge is 2.16. The van der Waals surface area contributed by atoms with E-state index in [2.05, 4.69) is 5.32 Å². The van der Waals surface area contributed by atoms with E-state index in [1.807, 2.05) is 0 Å². The number of methoxy groups -OCH3 is 2. The van der Waals surface area contributed by atoms with Crippen LogP contribution in [0.2, 0.25) is 0 Å². The first-order valence-corrected chi connectivity index (χ1v) is 6.72. The van der Waals surface area contributed by atoms with E-state index < -0.39 is 0 Å². The molecular formula is C15H21NO3. The van der Waals surface area contributed by atoms with Gasteiger partial charge in [-0.3, -0.25) is 4.79 Å². The Morgan fingerprint density at radius 3 is 2.26 bits per heavy atom. The lowest BCUT2D eigenvalue weighted by molar-refractivity contribution is 0.0986. The van der Waals surface area contributed by atoms with Gasteiger partial charge in [0.25, 0.3) is 0 Å². The van der Waals surface area contributed by atoms with Gasteiger partial charge in [-0.25, -0.2) is 0 Å². The van der Waals surface area contributed by atoms with E-state index in [0.29, 0.717) is 29.6 Å². The van der Waals surface area contributed by atoms with Gasteiger partial charge in [-0.05, 0) is 25.0 Å². The van der Waals surface area contributed by atoms with E-state index in [1.165, 1.54) is 25.7 Å². The number of carbonyl (C=O) groups excluding carboxylic acids is 1. The molecule has 0 atom stereocenters. The van der Waals surface area contributed by atoms with Gasteiger partial charge >= 0.3 is 0 Å². The predicted molar refractivity (Wildman–Crippen MR) is 74.1 cm³/mol. The second kappa shape index (κ2) is 6.57. The molecule has 0 heterocycles. The Labute approximate surface area is 114 Å². The fourth-order valence-corrected chi connectivity index (χ4v) is 2.44. The third-order valence-electron chi connectivity index (χ3n) is 3.58. The van der Waals surface area contributed by atoms with Crippen molar-refractivity contribution in [2.75, 3.05) is 20.8 Å². The van der Waals surface area contributed by atoms with Gasteiger partial charge in [0.2, 0.25) is 0 Å². The van der Waals surface area contributed by atoms with Crippen molar-refractivity contribution in [2.24, 2.45) is 0 Å². The SMILES string of the molecule is COc1cc(OC)cc(C(=O)CNC2CCCC2)c1. The zero-order valence-electron chi connectivity index (χ0n) is 11.6. The van der Waals surface area contributed by atoms with E-state index in [9.17, 15) is 4.79 Å². The Hall–Kier alpha value is -1.55. The zero-order valence-corrected chi connectivity index (χ0v) is 11.6. The molecule has 19 heavy (non-hydrogen) atoms. The molecule has 0 saturated heterocycles. The lowest BCUT2D eigenvalue weighted by Crippen LogP contribution is -2.31. The molecule has 0 amide bonds. The maximum Gasteiger partial charge on any atom is 0.176 e. The minimum absolute atomic E-state index is 0.0732. The van der Waals surface area contributed by atoms with E-state index in [1.54, 1.807) is 32.4 Å². The van der Waals surface area contributed by atoms with Crippen LogP contribution in [-0.2, 0) is 0 Å². The highest BCUT2D eigenvalue weighted by atomic mass is 16.5. The predicted octanol–water partition coefficient (Wildman–Crippen LogP) is 2.42. The Kier molecular flexibility index (Phi) is 4.80. The zero-order chi connectivity index (χ0) is 13.7. The van der Waals surface area contributed by atoms with Crippen LogP contribution in [0.25, 0.3) is 0 Å². The van der Waals surface area contributed by atoms with E-state index >= 15 is 0 Å². The van der Waals surface area contributed by atoms with Gasteiger partial charge in [0.05, 0.1) is 20.8 Å². The normalized spacial score (nSPS) is 15.5. The number of ketones is 1. The summed E-state index contributed by atoms with van der Waals surface area (Å²) in [4.78, 5) is 12.2. The van der Waals surface area contributed by atoms with Crippen molar-refractivity contribution in [3.8, 4) is 11.5 Å². The fraction of sp³-hybridized carbons (Fsp3) is 0.533. The fourth-order valence-electron chi connectivity index (χ4n) is 2.44. The first-order chi connectivity index (χ1) is 9.22. The van der Waals surface area contributed by atoms with Crippen molar-refractivity contribution in [1.29, 1.82) is 0 Å². The number of Topliss-reactive ketones (excluding diaryl/α,β-unsaturated/α-hetero) is 1. The molecule has 4 heteroatoms. The molecule has 1 aliphatic rings. The number of rotatable bonds is 6. The minimum atomic E-state index is 0.0732. The first-order valence-electron chi connectivity index (χ1n) is 6.72. The van der Waals surface area contributed by atoms with Crippen molar-refractivity contribution in [3.05, 3.63) is 23.8 Å². The second-order valence-corrected chi connectivity index (χ2v) is 4.89. The van der Waals surface area contributed by atoms with Gasteiger partial charge in [-0.2, -0.15) is 0 Å². The lowest BCUT2D eigenvalue weighted by Gasteiger charge is -2.12. The first kappa shape index (κ1) is 13.9. The van der Waals surface area contributed by atoms with Gasteiger partial charge in [0, 0.05) is 17.7 Å². The molecule has 104 valence electrons. The molecular weight excluding hydrogens is 242 g/mol. The number of hydrogen-bond donors (Lipinski definition) is 1. The van der Waals surface area contributed by atoms with Crippen molar-refractivity contribution in [3.63, 3.8) is 0 Å². The molecule has 0 aromatic heterocycles. The average molecular weight is 263 g/mol. The summed E-state index contributed by atoms with van der Waals surface area (Å²) in [7, 11) is 3.17. The monoisotopic (exact) mass is 263 g/mol. The van der Waals surface area contributed by atoms with Crippen LogP contribution in [0.5, 0.6) is 11.5 Å². The molecule has 1 fully saturated rings. The summed E-state index contributed by atoms with van der Waals surface area (Å²) in [5.74, 6) is 1.36. The minimum Gasteiger partial charge on any atom is -0.497 e. The number of nitrogens with one attached hydrogen (secondary N) is 1. The van der Waals surface area contributed by atoms with Crippen LogP contribution in [0.15, 0.2) is 18.2 Å². The van der Waals surface area contributed by atoms with Crippen LogP contribution in [-0.4, -0.2) is 32.6 Å². The molecule has 1 N–H and O–H groups in total. The number of carbonyl (C=O) groups is 1. The third kappa shape index (κ3) is 3.70. The molecule has 2 rings (SSSR count). The van der Waals surface area contributed by atoms with Crippen LogP contribution in [0.1, 0.15) is 36.0 Å². The molecule has 1 aromatic rings. The quantitative estimate of drug-likeness (QED) is 0.801. The van der Waals surface area contributed by atoms with E-state index in [4.69, 9.17) is 9.47 Å². The highest BCUT2D eigenvalue weighted by molar-refractivity contribution is 5.98. The van der Waals surface area contributed by atoms with Crippen LogP contribution >= 0.6 is 0 Å². The van der Waals surface area contributed by atoms with Crippen molar-refractivity contribution in [2.45, 2.75) is 31.7 Å². The van der Waals surface area contributed by atoms with Crippen molar-refractivity contribution >= 4 is 5.78 Å². The summed E-state index contributed by atoms with van der Waals surface area (Å²) < 4.78 is 10.3. The lowest BCUT2D eigenvalue weighted by atomic mass is 10.1. The smallest absolute Gasteiger partial charge is 0.176 e. The standard InChI is InChI=1S/C15H21NO3/c1-18-13-7-11(8-14(9-13)19-2)15(17)10-16-12-5-3-4-6-12/h7-9,12,16H,3-6,10H2,1-2H3. The summed E-state index contributed by atoms with van der Waals surface area (Å²) in [6.45, 7) is 0.376. The maximum atomic E-state index is 12.2. The van der Waals surface area contributed by atoms with Crippen molar-refractivity contribution < 1.29 is 14.3 Å². The number of benzene rings is 1. The van der Waals surface area contributed by atoms with Crippen LogP contribution in [0.4, 0.5) is 0 Å². The van der Waals surface area contributed by atoms with Crippen LogP contribution in [0.3, 0.4) is 0 Å².